The number of hydrogen-bond acceptors (Lipinski definition) is 4. The van der Waals surface area contributed by atoms with Crippen molar-refractivity contribution in [3.63, 3.8) is 0 Å². The molecule has 3 heterocycles. The smallest absolute Gasteiger partial charge is 0.251 e. The van der Waals surface area contributed by atoms with Gasteiger partial charge in [0, 0.05) is 43.9 Å². The molecule has 2 aliphatic rings. The molecule has 4 rings (SSSR count). The van der Waals surface area contributed by atoms with Gasteiger partial charge in [-0.25, -0.2) is 4.98 Å². The Labute approximate surface area is 153 Å². The van der Waals surface area contributed by atoms with Crippen molar-refractivity contribution in [2.24, 2.45) is 0 Å². The van der Waals surface area contributed by atoms with Crippen LogP contribution in [0.1, 0.15) is 46.7 Å². The number of carbonyl (C=O) groups is 1. The SMILES string of the molecule is Cc1cn2c(n1)CC[C@H](NC(=O)c1ccc(N3CCCC3)c(C#N)c1)C2. The van der Waals surface area contributed by atoms with E-state index in [0.29, 0.717) is 11.1 Å². The average molecular weight is 349 g/mol. The highest BCUT2D eigenvalue weighted by molar-refractivity contribution is 5.95. The van der Waals surface area contributed by atoms with E-state index in [0.717, 1.165) is 62.5 Å². The minimum absolute atomic E-state index is 0.0902. The van der Waals surface area contributed by atoms with Gasteiger partial charge in [-0.05, 0) is 44.4 Å². The lowest BCUT2D eigenvalue weighted by Crippen LogP contribution is -2.40. The van der Waals surface area contributed by atoms with Crippen LogP contribution in [0.4, 0.5) is 5.69 Å². The summed E-state index contributed by atoms with van der Waals surface area (Å²) in [4.78, 5) is 19.4. The fraction of sp³-hybridized carbons (Fsp3) is 0.450. The fourth-order valence-electron chi connectivity index (χ4n) is 3.97. The summed E-state index contributed by atoms with van der Waals surface area (Å²) in [5.74, 6) is 0.981. The summed E-state index contributed by atoms with van der Waals surface area (Å²) in [6, 6.07) is 7.81. The highest BCUT2D eigenvalue weighted by atomic mass is 16.1. The van der Waals surface area contributed by atoms with E-state index in [1.165, 1.54) is 0 Å². The molecule has 6 heteroatoms. The molecule has 0 bridgehead atoms. The summed E-state index contributed by atoms with van der Waals surface area (Å²) in [7, 11) is 0. The lowest BCUT2D eigenvalue weighted by molar-refractivity contribution is 0.0927. The Balaban J connectivity index is 1.47. The second-order valence-corrected chi connectivity index (χ2v) is 7.20. The molecule has 1 saturated heterocycles. The summed E-state index contributed by atoms with van der Waals surface area (Å²) < 4.78 is 2.13. The van der Waals surface area contributed by atoms with Crippen molar-refractivity contribution in [2.45, 2.75) is 45.2 Å². The van der Waals surface area contributed by atoms with Crippen LogP contribution in [-0.4, -0.2) is 34.6 Å². The molecule has 0 aliphatic carbocycles. The Morgan fingerprint density at radius 2 is 2.15 bits per heavy atom. The number of nitriles is 1. The molecule has 0 saturated carbocycles. The van der Waals surface area contributed by atoms with Crippen LogP contribution in [0.25, 0.3) is 0 Å². The van der Waals surface area contributed by atoms with E-state index < -0.39 is 0 Å². The van der Waals surface area contributed by atoms with Gasteiger partial charge in [0.05, 0.1) is 16.9 Å². The minimum Gasteiger partial charge on any atom is -0.370 e. The van der Waals surface area contributed by atoms with Crippen LogP contribution in [0.3, 0.4) is 0 Å². The van der Waals surface area contributed by atoms with Crippen molar-refractivity contribution in [3.05, 3.63) is 47.0 Å². The van der Waals surface area contributed by atoms with E-state index in [9.17, 15) is 10.1 Å². The number of nitrogens with zero attached hydrogens (tertiary/aromatic N) is 4. The third-order valence-electron chi connectivity index (χ3n) is 5.27. The van der Waals surface area contributed by atoms with Crippen LogP contribution in [0, 0.1) is 18.3 Å². The maximum absolute atomic E-state index is 12.7. The van der Waals surface area contributed by atoms with Crippen molar-refractivity contribution in [2.75, 3.05) is 18.0 Å². The first kappa shape index (κ1) is 16.6. The first-order valence-electron chi connectivity index (χ1n) is 9.26. The number of nitrogens with one attached hydrogen (secondary N) is 1. The largest absolute Gasteiger partial charge is 0.370 e. The Bertz CT molecular complexity index is 873. The summed E-state index contributed by atoms with van der Waals surface area (Å²) in [6.07, 6.45) is 6.11. The van der Waals surface area contributed by atoms with Crippen LogP contribution in [0.15, 0.2) is 24.4 Å². The van der Waals surface area contributed by atoms with Gasteiger partial charge in [0.2, 0.25) is 0 Å². The van der Waals surface area contributed by atoms with E-state index in [1.54, 1.807) is 6.07 Å². The lowest BCUT2D eigenvalue weighted by atomic mass is 10.0. The lowest BCUT2D eigenvalue weighted by Gasteiger charge is -2.25. The molecule has 1 fully saturated rings. The highest BCUT2D eigenvalue weighted by Crippen LogP contribution is 2.25. The third-order valence-corrected chi connectivity index (χ3v) is 5.27. The Kier molecular flexibility index (Phi) is 4.37. The molecule has 1 amide bonds. The molecule has 0 radical (unpaired) electrons. The van der Waals surface area contributed by atoms with E-state index in [4.69, 9.17) is 0 Å². The van der Waals surface area contributed by atoms with Gasteiger partial charge in [-0.3, -0.25) is 4.79 Å². The quantitative estimate of drug-likeness (QED) is 0.923. The van der Waals surface area contributed by atoms with Gasteiger partial charge in [0.15, 0.2) is 0 Å². The zero-order valence-corrected chi connectivity index (χ0v) is 15.0. The van der Waals surface area contributed by atoms with Crippen molar-refractivity contribution in [3.8, 4) is 6.07 Å². The first-order valence-corrected chi connectivity index (χ1v) is 9.26. The highest BCUT2D eigenvalue weighted by Gasteiger charge is 2.23. The molecule has 1 N–H and O–H groups in total. The molecule has 6 nitrogen and oxygen atoms in total. The fourth-order valence-corrected chi connectivity index (χ4v) is 3.97. The van der Waals surface area contributed by atoms with E-state index >= 15 is 0 Å². The Morgan fingerprint density at radius 1 is 1.35 bits per heavy atom. The zero-order chi connectivity index (χ0) is 18.1. The zero-order valence-electron chi connectivity index (χ0n) is 15.0. The van der Waals surface area contributed by atoms with Gasteiger partial charge >= 0.3 is 0 Å². The van der Waals surface area contributed by atoms with Gasteiger partial charge in [-0.15, -0.1) is 0 Å². The summed E-state index contributed by atoms with van der Waals surface area (Å²) >= 11 is 0. The monoisotopic (exact) mass is 349 g/mol. The van der Waals surface area contributed by atoms with Crippen molar-refractivity contribution in [1.82, 2.24) is 14.9 Å². The molecule has 26 heavy (non-hydrogen) atoms. The predicted molar refractivity (Wildman–Crippen MR) is 99.1 cm³/mol. The summed E-state index contributed by atoms with van der Waals surface area (Å²) in [5.41, 5.74) is 3.09. The number of imidazole rings is 1. The number of fused-ring (bicyclic) bond motifs is 1. The second kappa shape index (κ2) is 6.83. The van der Waals surface area contributed by atoms with Crippen molar-refractivity contribution >= 4 is 11.6 Å². The number of aromatic nitrogens is 2. The average Bonchev–Trinajstić information content (AvgIpc) is 3.29. The van der Waals surface area contributed by atoms with Crippen molar-refractivity contribution in [1.29, 1.82) is 5.26 Å². The summed E-state index contributed by atoms with van der Waals surface area (Å²) in [5, 5.41) is 12.6. The minimum atomic E-state index is -0.111. The number of benzene rings is 1. The van der Waals surface area contributed by atoms with E-state index in [-0.39, 0.29) is 11.9 Å². The number of aryl methyl sites for hydroxylation is 2. The maximum atomic E-state index is 12.7. The van der Waals surface area contributed by atoms with Crippen LogP contribution in [-0.2, 0) is 13.0 Å². The molecule has 134 valence electrons. The molecular weight excluding hydrogens is 326 g/mol. The van der Waals surface area contributed by atoms with E-state index in [1.807, 2.05) is 25.3 Å². The molecule has 1 aromatic carbocycles. The number of carbonyl (C=O) groups excluding carboxylic acids is 1. The van der Waals surface area contributed by atoms with Gasteiger partial charge in [0.1, 0.15) is 11.9 Å². The summed E-state index contributed by atoms with van der Waals surface area (Å²) in [6.45, 7) is 4.70. The number of amides is 1. The standard InChI is InChI=1S/C20H23N5O/c1-14-12-25-13-17(5-7-19(25)22-14)23-20(26)15-4-6-18(16(10-15)11-21)24-8-2-3-9-24/h4,6,10,12,17H,2-3,5,7-9,13H2,1H3,(H,23,26)/t17-/m0/s1. The topological polar surface area (TPSA) is 74.0 Å². The second-order valence-electron chi connectivity index (χ2n) is 7.20. The Hall–Kier alpha value is -2.81. The number of rotatable bonds is 3. The number of anilines is 1. The van der Waals surface area contributed by atoms with E-state index in [2.05, 4.69) is 25.8 Å². The third kappa shape index (κ3) is 3.17. The molecule has 1 atom stereocenters. The predicted octanol–water partition coefficient (Wildman–Crippen LogP) is 2.41. The molecule has 0 unspecified atom stereocenters. The molecule has 0 spiro atoms. The van der Waals surface area contributed by atoms with Gasteiger partial charge < -0.3 is 14.8 Å². The van der Waals surface area contributed by atoms with Crippen LogP contribution < -0.4 is 10.2 Å². The van der Waals surface area contributed by atoms with Crippen LogP contribution >= 0.6 is 0 Å². The van der Waals surface area contributed by atoms with Gasteiger partial charge in [-0.1, -0.05) is 0 Å². The number of hydrogen-bond donors (Lipinski definition) is 1. The molecule has 2 aliphatic heterocycles. The van der Waals surface area contributed by atoms with Crippen LogP contribution in [0.2, 0.25) is 0 Å². The Morgan fingerprint density at radius 3 is 2.92 bits per heavy atom. The molecule has 1 aromatic heterocycles. The normalized spacial score (nSPS) is 19.1. The van der Waals surface area contributed by atoms with Crippen molar-refractivity contribution < 1.29 is 4.79 Å². The molecule has 2 aromatic rings. The molecular formula is C20H23N5O. The van der Waals surface area contributed by atoms with Crippen LogP contribution in [0.5, 0.6) is 0 Å². The van der Waals surface area contributed by atoms with Gasteiger partial charge in [0.25, 0.3) is 5.91 Å². The maximum Gasteiger partial charge on any atom is 0.251 e. The first-order chi connectivity index (χ1) is 12.6. The van der Waals surface area contributed by atoms with Gasteiger partial charge in [-0.2, -0.15) is 5.26 Å².